The summed E-state index contributed by atoms with van der Waals surface area (Å²) in [7, 11) is 1.63. The van der Waals surface area contributed by atoms with Crippen LogP contribution < -0.4 is 10.1 Å². The quantitative estimate of drug-likeness (QED) is 0.765. The van der Waals surface area contributed by atoms with Gasteiger partial charge in [0.1, 0.15) is 6.33 Å². The summed E-state index contributed by atoms with van der Waals surface area (Å²) >= 11 is 0. The summed E-state index contributed by atoms with van der Waals surface area (Å²) in [5.41, 5.74) is 1.07. The van der Waals surface area contributed by atoms with Gasteiger partial charge < -0.3 is 10.1 Å². The molecule has 1 aromatic heterocycles. The predicted octanol–water partition coefficient (Wildman–Crippen LogP) is 0.637. The summed E-state index contributed by atoms with van der Waals surface area (Å²) in [6.45, 7) is 2.24. The van der Waals surface area contributed by atoms with E-state index in [4.69, 9.17) is 4.74 Å². The Hall–Kier alpha value is -1.16. The summed E-state index contributed by atoms with van der Waals surface area (Å²) in [5, 5.41) is 3.35. The van der Waals surface area contributed by atoms with Gasteiger partial charge in [-0.25, -0.2) is 9.97 Å². The van der Waals surface area contributed by atoms with E-state index in [1.807, 2.05) is 6.07 Å². The molecule has 0 bridgehead atoms. The van der Waals surface area contributed by atoms with Crippen molar-refractivity contribution in [2.75, 3.05) is 20.2 Å². The Labute approximate surface area is 83.7 Å². The highest BCUT2D eigenvalue weighted by Crippen LogP contribution is 2.15. The number of nitrogens with one attached hydrogen (secondary N) is 1. The van der Waals surface area contributed by atoms with E-state index in [0.717, 1.165) is 31.1 Å². The number of nitrogens with zero attached hydrogens (tertiary/aromatic N) is 2. The third-order valence-electron chi connectivity index (χ3n) is 2.57. The second-order valence-corrected chi connectivity index (χ2v) is 3.61. The zero-order chi connectivity index (χ0) is 9.80. The minimum absolute atomic E-state index is 0.654. The van der Waals surface area contributed by atoms with Crippen LogP contribution in [0.15, 0.2) is 12.4 Å². The lowest BCUT2D eigenvalue weighted by Gasteiger charge is -2.07. The molecule has 4 nitrogen and oxygen atoms in total. The molecule has 1 N–H and O–H groups in total. The Bertz CT molecular complexity index is 297. The van der Waals surface area contributed by atoms with Crippen molar-refractivity contribution in [2.45, 2.75) is 12.8 Å². The maximum atomic E-state index is 5.05. The number of rotatable bonds is 3. The van der Waals surface area contributed by atoms with Gasteiger partial charge in [0.05, 0.1) is 7.11 Å². The van der Waals surface area contributed by atoms with Gasteiger partial charge >= 0.3 is 0 Å². The first-order chi connectivity index (χ1) is 6.88. The van der Waals surface area contributed by atoms with E-state index in [9.17, 15) is 0 Å². The summed E-state index contributed by atoms with van der Waals surface area (Å²) in [6.07, 6.45) is 3.83. The monoisotopic (exact) mass is 193 g/mol. The van der Waals surface area contributed by atoms with Crippen molar-refractivity contribution in [1.29, 1.82) is 0 Å². The molecule has 1 atom stereocenters. The van der Waals surface area contributed by atoms with Gasteiger partial charge in [0.2, 0.25) is 5.88 Å². The van der Waals surface area contributed by atoms with Crippen molar-refractivity contribution in [3.05, 3.63) is 18.1 Å². The summed E-state index contributed by atoms with van der Waals surface area (Å²) in [6, 6.07) is 1.92. The number of ether oxygens (including phenoxy) is 1. The van der Waals surface area contributed by atoms with E-state index >= 15 is 0 Å². The van der Waals surface area contributed by atoms with E-state index < -0.39 is 0 Å². The highest BCUT2D eigenvalue weighted by Gasteiger charge is 2.15. The molecule has 0 aliphatic carbocycles. The van der Waals surface area contributed by atoms with Crippen LogP contribution in [0.4, 0.5) is 0 Å². The van der Waals surface area contributed by atoms with Gasteiger partial charge in [-0.3, -0.25) is 0 Å². The van der Waals surface area contributed by atoms with Gasteiger partial charge in [-0.05, 0) is 31.8 Å². The van der Waals surface area contributed by atoms with Crippen molar-refractivity contribution >= 4 is 0 Å². The molecule has 14 heavy (non-hydrogen) atoms. The molecule has 76 valence electrons. The van der Waals surface area contributed by atoms with Gasteiger partial charge in [-0.2, -0.15) is 0 Å². The first-order valence-electron chi connectivity index (χ1n) is 4.94. The molecule has 4 heteroatoms. The van der Waals surface area contributed by atoms with Gasteiger partial charge in [0.15, 0.2) is 0 Å². The molecular formula is C10H15N3O. The molecule has 0 unspecified atom stereocenters. The standard InChI is InChI=1S/C10H15N3O/c1-14-10-5-9(12-7-13-10)4-8-2-3-11-6-8/h5,7-8,11H,2-4,6H2,1H3/t8-/m1/s1. The lowest BCUT2D eigenvalue weighted by molar-refractivity contribution is 0.395. The summed E-state index contributed by atoms with van der Waals surface area (Å²) in [4.78, 5) is 8.22. The van der Waals surface area contributed by atoms with Crippen molar-refractivity contribution in [3.8, 4) is 5.88 Å². The molecule has 1 aromatic rings. The van der Waals surface area contributed by atoms with Crippen molar-refractivity contribution < 1.29 is 4.74 Å². The third-order valence-corrected chi connectivity index (χ3v) is 2.57. The van der Waals surface area contributed by atoms with E-state index in [-0.39, 0.29) is 0 Å². The zero-order valence-electron chi connectivity index (χ0n) is 8.36. The molecule has 0 spiro atoms. The zero-order valence-corrected chi connectivity index (χ0v) is 8.36. The fourth-order valence-corrected chi connectivity index (χ4v) is 1.78. The molecule has 1 aliphatic rings. The summed E-state index contributed by atoms with van der Waals surface area (Å²) < 4.78 is 5.05. The molecule has 0 radical (unpaired) electrons. The molecule has 2 heterocycles. The largest absolute Gasteiger partial charge is 0.481 e. The highest BCUT2D eigenvalue weighted by atomic mass is 16.5. The second kappa shape index (κ2) is 4.37. The number of hydrogen-bond acceptors (Lipinski definition) is 4. The molecular weight excluding hydrogens is 178 g/mol. The van der Waals surface area contributed by atoms with Gasteiger partial charge in [0, 0.05) is 11.8 Å². The molecule has 0 saturated carbocycles. The lowest BCUT2D eigenvalue weighted by atomic mass is 10.0. The average Bonchev–Trinajstić information content (AvgIpc) is 2.71. The Morgan fingerprint density at radius 2 is 2.50 bits per heavy atom. The normalized spacial score (nSPS) is 21.1. The number of methoxy groups -OCH3 is 1. The minimum atomic E-state index is 0.654. The van der Waals surface area contributed by atoms with Gasteiger partial charge in [-0.15, -0.1) is 0 Å². The fourth-order valence-electron chi connectivity index (χ4n) is 1.78. The Balaban J connectivity index is 2.00. The number of hydrogen-bond donors (Lipinski definition) is 1. The molecule has 0 aromatic carbocycles. The van der Waals surface area contributed by atoms with Gasteiger partial charge in [-0.1, -0.05) is 0 Å². The topological polar surface area (TPSA) is 47.0 Å². The minimum Gasteiger partial charge on any atom is -0.481 e. The summed E-state index contributed by atoms with van der Waals surface area (Å²) in [5.74, 6) is 1.37. The van der Waals surface area contributed by atoms with Crippen LogP contribution in [0.5, 0.6) is 5.88 Å². The second-order valence-electron chi connectivity index (χ2n) is 3.61. The number of aromatic nitrogens is 2. The van der Waals surface area contributed by atoms with Crippen LogP contribution in [0.2, 0.25) is 0 Å². The van der Waals surface area contributed by atoms with Crippen LogP contribution in [0, 0.1) is 5.92 Å². The average molecular weight is 193 g/mol. The predicted molar refractivity (Wildman–Crippen MR) is 53.3 cm³/mol. The fraction of sp³-hybridized carbons (Fsp3) is 0.600. The van der Waals surface area contributed by atoms with Crippen molar-refractivity contribution in [3.63, 3.8) is 0 Å². The molecule has 1 fully saturated rings. The smallest absolute Gasteiger partial charge is 0.216 e. The van der Waals surface area contributed by atoms with E-state index in [1.54, 1.807) is 13.4 Å². The molecule has 1 aliphatic heterocycles. The van der Waals surface area contributed by atoms with E-state index in [1.165, 1.54) is 6.42 Å². The van der Waals surface area contributed by atoms with Crippen molar-refractivity contribution in [1.82, 2.24) is 15.3 Å². The van der Waals surface area contributed by atoms with Crippen LogP contribution in [0.25, 0.3) is 0 Å². The lowest BCUT2D eigenvalue weighted by Crippen LogP contribution is -2.11. The van der Waals surface area contributed by atoms with Gasteiger partial charge in [0.25, 0.3) is 0 Å². The Kier molecular flexibility index (Phi) is 2.93. The van der Waals surface area contributed by atoms with Crippen LogP contribution in [-0.4, -0.2) is 30.2 Å². The van der Waals surface area contributed by atoms with Crippen molar-refractivity contribution in [2.24, 2.45) is 5.92 Å². The molecule has 0 amide bonds. The SMILES string of the molecule is COc1cc(C[C@H]2CCNC2)ncn1. The maximum Gasteiger partial charge on any atom is 0.216 e. The highest BCUT2D eigenvalue weighted by molar-refractivity contribution is 5.14. The first-order valence-corrected chi connectivity index (χ1v) is 4.94. The van der Waals surface area contributed by atoms with Crippen LogP contribution in [0.3, 0.4) is 0 Å². The van der Waals surface area contributed by atoms with Crippen LogP contribution >= 0.6 is 0 Å². The van der Waals surface area contributed by atoms with E-state index in [2.05, 4.69) is 15.3 Å². The van der Waals surface area contributed by atoms with Crippen LogP contribution in [0.1, 0.15) is 12.1 Å². The Morgan fingerprint density at radius 1 is 1.57 bits per heavy atom. The molecule has 2 rings (SSSR count). The first kappa shape index (κ1) is 9.40. The van der Waals surface area contributed by atoms with E-state index in [0.29, 0.717) is 5.88 Å². The maximum absolute atomic E-state index is 5.05. The Morgan fingerprint density at radius 3 is 3.21 bits per heavy atom. The van der Waals surface area contributed by atoms with Crippen LogP contribution in [-0.2, 0) is 6.42 Å². The molecule has 1 saturated heterocycles. The third kappa shape index (κ3) is 2.20.